The normalized spacial score (nSPS) is 16.3. The second-order valence-electron chi connectivity index (χ2n) is 4.17. The molecule has 104 valence electrons. The number of carbonyl (C=O) groups excluding carboxylic acids is 1. The maximum absolute atomic E-state index is 11.4. The van der Waals surface area contributed by atoms with Crippen molar-refractivity contribution in [2.75, 3.05) is 19.8 Å². The third-order valence-corrected chi connectivity index (χ3v) is 3.70. The summed E-state index contributed by atoms with van der Waals surface area (Å²) in [6.45, 7) is 3.82. The second kappa shape index (κ2) is 7.43. The van der Waals surface area contributed by atoms with Crippen molar-refractivity contribution in [3.05, 3.63) is 28.0 Å². The Hall–Kier alpha value is -1.17. The molecule has 2 heterocycles. The van der Waals surface area contributed by atoms with E-state index in [1.807, 2.05) is 12.1 Å². The van der Waals surface area contributed by atoms with Crippen molar-refractivity contribution in [3.63, 3.8) is 0 Å². The molecule has 0 aliphatic carbocycles. The highest BCUT2D eigenvalue weighted by Gasteiger charge is 2.19. The summed E-state index contributed by atoms with van der Waals surface area (Å²) in [5.74, 6) is -0.295. The first-order chi connectivity index (χ1) is 9.29. The van der Waals surface area contributed by atoms with E-state index >= 15 is 0 Å². The van der Waals surface area contributed by atoms with Crippen LogP contribution in [0.2, 0.25) is 0 Å². The smallest absolute Gasteiger partial charge is 0.330 e. The second-order valence-corrected chi connectivity index (χ2v) is 5.31. The van der Waals surface area contributed by atoms with Gasteiger partial charge in [0, 0.05) is 11.0 Å². The first kappa shape index (κ1) is 14.2. The predicted molar refractivity (Wildman–Crippen MR) is 73.9 cm³/mol. The molecule has 5 heteroatoms. The van der Waals surface area contributed by atoms with Crippen LogP contribution in [0.3, 0.4) is 0 Å². The summed E-state index contributed by atoms with van der Waals surface area (Å²) >= 11 is 1.56. The number of hydrogen-bond donors (Lipinski definition) is 0. The Balaban J connectivity index is 1.83. The van der Waals surface area contributed by atoms with E-state index in [0.717, 1.165) is 22.6 Å². The molecule has 0 radical (unpaired) electrons. The van der Waals surface area contributed by atoms with Crippen molar-refractivity contribution >= 4 is 23.4 Å². The van der Waals surface area contributed by atoms with Crippen molar-refractivity contribution in [3.8, 4) is 0 Å². The Morgan fingerprint density at radius 3 is 3.00 bits per heavy atom. The molecule has 1 saturated heterocycles. The van der Waals surface area contributed by atoms with Crippen LogP contribution in [-0.2, 0) is 19.0 Å². The minimum absolute atomic E-state index is 0.247. The lowest BCUT2D eigenvalue weighted by atomic mass is 10.3. The van der Waals surface area contributed by atoms with Gasteiger partial charge in [0.2, 0.25) is 0 Å². The SMILES string of the molecule is CCCCOC(=O)/C=C/c1ccc(C2OCCO2)s1. The third-order valence-electron chi connectivity index (χ3n) is 2.63. The maximum Gasteiger partial charge on any atom is 0.330 e. The van der Waals surface area contributed by atoms with Gasteiger partial charge in [0.15, 0.2) is 6.29 Å². The van der Waals surface area contributed by atoms with Gasteiger partial charge in [0.1, 0.15) is 0 Å². The Bertz CT molecular complexity index is 432. The van der Waals surface area contributed by atoms with Crippen molar-refractivity contribution in [2.45, 2.75) is 26.1 Å². The molecule has 0 bridgehead atoms. The Kier molecular flexibility index (Phi) is 5.57. The molecule has 0 atom stereocenters. The fraction of sp³-hybridized carbons (Fsp3) is 0.500. The molecule has 19 heavy (non-hydrogen) atoms. The van der Waals surface area contributed by atoms with Crippen molar-refractivity contribution < 1.29 is 19.0 Å². The zero-order chi connectivity index (χ0) is 13.5. The molecule has 0 unspecified atom stereocenters. The van der Waals surface area contributed by atoms with Crippen LogP contribution in [-0.4, -0.2) is 25.8 Å². The molecule has 1 aliphatic heterocycles. The van der Waals surface area contributed by atoms with Gasteiger partial charge in [-0.15, -0.1) is 11.3 Å². The van der Waals surface area contributed by atoms with Gasteiger partial charge in [-0.3, -0.25) is 0 Å². The summed E-state index contributed by atoms with van der Waals surface area (Å²) in [5.41, 5.74) is 0. The fourth-order valence-corrected chi connectivity index (χ4v) is 2.54. The van der Waals surface area contributed by atoms with Crippen molar-refractivity contribution in [1.82, 2.24) is 0 Å². The van der Waals surface area contributed by atoms with Gasteiger partial charge in [-0.2, -0.15) is 0 Å². The predicted octanol–water partition coefficient (Wildman–Crippen LogP) is 3.15. The summed E-state index contributed by atoms with van der Waals surface area (Å²) in [7, 11) is 0. The van der Waals surface area contributed by atoms with Crippen LogP contribution in [0.1, 0.15) is 35.8 Å². The van der Waals surface area contributed by atoms with Crippen LogP contribution in [0.5, 0.6) is 0 Å². The largest absolute Gasteiger partial charge is 0.463 e. The quantitative estimate of drug-likeness (QED) is 0.457. The lowest BCUT2D eigenvalue weighted by Gasteiger charge is -2.04. The van der Waals surface area contributed by atoms with E-state index in [4.69, 9.17) is 14.2 Å². The summed E-state index contributed by atoms with van der Waals surface area (Å²) in [5, 5.41) is 0. The van der Waals surface area contributed by atoms with Crippen LogP contribution in [0, 0.1) is 0 Å². The van der Waals surface area contributed by atoms with Gasteiger partial charge in [0.25, 0.3) is 0 Å². The van der Waals surface area contributed by atoms with E-state index in [0.29, 0.717) is 19.8 Å². The van der Waals surface area contributed by atoms with E-state index < -0.39 is 0 Å². The van der Waals surface area contributed by atoms with E-state index in [1.165, 1.54) is 6.08 Å². The molecule has 0 saturated carbocycles. The van der Waals surface area contributed by atoms with E-state index in [9.17, 15) is 4.79 Å². The molecule has 0 spiro atoms. The highest BCUT2D eigenvalue weighted by Crippen LogP contribution is 2.30. The number of rotatable bonds is 6. The van der Waals surface area contributed by atoms with Gasteiger partial charge >= 0.3 is 5.97 Å². The minimum atomic E-state index is -0.295. The summed E-state index contributed by atoms with van der Waals surface area (Å²) in [6.07, 6.45) is 4.90. The Morgan fingerprint density at radius 2 is 2.26 bits per heavy atom. The molecule has 4 nitrogen and oxygen atoms in total. The van der Waals surface area contributed by atoms with Crippen LogP contribution in [0.4, 0.5) is 0 Å². The van der Waals surface area contributed by atoms with Crippen molar-refractivity contribution in [2.24, 2.45) is 0 Å². The molecular formula is C14H18O4S. The van der Waals surface area contributed by atoms with Gasteiger partial charge in [0.05, 0.1) is 24.7 Å². The molecule has 1 fully saturated rings. The third kappa shape index (κ3) is 4.45. The number of esters is 1. The van der Waals surface area contributed by atoms with Crippen LogP contribution in [0.25, 0.3) is 6.08 Å². The molecule has 0 N–H and O–H groups in total. The number of ether oxygens (including phenoxy) is 3. The van der Waals surface area contributed by atoms with E-state index in [1.54, 1.807) is 17.4 Å². The molecular weight excluding hydrogens is 264 g/mol. The zero-order valence-corrected chi connectivity index (χ0v) is 11.8. The van der Waals surface area contributed by atoms with Gasteiger partial charge in [-0.05, 0) is 24.6 Å². The summed E-state index contributed by atoms with van der Waals surface area (Å²) < 4.78 is 15.9. The maximum atomic E-state index is 11.4. The summed E-state index contributed by atoms with van der Waals surface area (Å²) in [6, 6.07) is 3.91. The lowest BCUT2D eigenvalue weighted by molar-refractivity contribution is -0.137. The molecule has 1 aliphatic rings. The standard InChI is InChI=1S/C14H18O4S/c1-2-3-8-16-13(15)7-5-11-4-6-12(19-11)14-17-9-10-18-14/h4-7,14H,2-3,8-10H2,1H3/b7-5+. The first-order valence-corrected chi connectivity index (χ1v) is 7.29. The number of thiophene rings is 1. The summed E-state index contributed by atoms with van der Waals surface area (Å²) in [4.78, 5) is 13.4. The molecule has 2 rings (SSSR count). The average Bonchev–Trinajstić information content (AvgIpc) is 3.07. The average molecular weight is 282 g/mol. The van der Waals surface area contributed by atoms with Crippen LogP contribution < -0.4 is 0 Å². The topological polar surface area (TPSA) is 44.8 Å². The lowest BCUT2D eigenvalue weighted by Crippen LogP contribution is -2.01. The van der Waals surface area contributed by atoms with Crippen molar-refractivity contribution in [1.29, 1.82) is 0 Å². The van der Waals surface area contributed by atoms with Crippen LogP contribution in [0.15, 0.2) is 18.2 Å². The number of hydrogen-bond acceptors (Lipinski definition) is 5. The van der Waals surface area contributed by atoms with E-state index in [-0.39, 0.29) is 12.3 Å². The first-order valence-electron chi connectivity index (χ1n) is 6.47. The minimum Gasteiger partial charge on any atom is -0.463 e. The van der Waals surface area contributed by atoms with Gasteiger partial charge in [-0.1, -0.05) is 13.3 Å². The monoisotopic (exact) mass is 282 g/mol. The number of unbranched alkanes of at least 4 members (excludes halogenated alkanes) is 1. The number of carbonyl (C=O) groups is 1. The van der Waals surface area contributed by atoms with Crippen LogP contribution >= 0.6 is 11.3 Å². The fourth-order valence-electron chi connectivity index (χ4n) is 1.62. The van der Waals surface area contributed by atoms with E-state index in [2.05, 4.69) is 6.92 Å². The molecule has 0 aromatic carbocycles. The van der Waals surface area contributed by atoms with Gasteiger partial charge in [-0.25, -0.2) is 4.79 Å². The molecule has 1 aromatic heterocycles. The molecule has 1 aromatic rings. The Labute approximate surface area is 117 Å². The highest BCUT2D eigenvalue weighted by molar-refractivity contribution is 7.12. The molecule has 0 amide bonds. The van der Waals surface area contributed by atoms with Gasteiger partial charge < -0.3 is 14.2 Å². The highest BCUT2D eigenvalue weighted by atomic mass is 32.1. The Morgan fingerprint density at radius 1 is 1.47 bits per heavy atom. The zero-order valence-electron chi connectivity index (χ0n) is 11.0.